The monoisotopic (exact) mass is 333 g/mol. The molecule has 1 heterocycles. The van der Waals surface area contributed by atoms with Crippen LogP contribution in [0.5, 0.6) is 0 Å². The molecule has 0 saturated carbocycles. The molecule has 0 bridgehead atoms. The summed E-state index contributed by atoms with van der Waals surface area (Å²) >= 11 is 6.03. The minimum absolute atomic E-state index is 0.111. The lowest BCUT2D eigenvalue weighted by atomic mass is 9.64. The maximum atomic E-state index is 13.0. The third-order valence-corrected chi connectivity index (χ3v) is 4.76. The molecule has 0 unspecified atom stereocenters. The first-order valence-corrected chi connectivity index (χ1v) is 7.77. The van der Waals surface area contributed by atoms with Crippen molar-refractivity contribution in [1.82, 2.24) is 0 Å². The molecule has 1 aliphatic carbocycles. The highest BCUT2D eigenvalue weighted by molar-refractivity contribution is 6.35. The van der Waals surface area contributed by atoms with Crippen molar-refractivity contribution >= 4 is 34.9 Å². The molecule has 2 aliphatic rings. The van der Waals surface area contributed by atoms with Crippen molar-refractivity contribution in [3.63, 3.8) is 0 Å². The Hall–Kier alpha value is -2.14. The fourth-order valence-electron chi connectivity index (χ4n) is 3.50. The Morgan fingerprint density at radius 1 is 1.39 bits per heavy atom. The number of amides is 1. The van der Waals surface area contributed by atoms with Crippen LogP contribution in [0, 0.1) is 5.92 Å². The minimum Gasteiger partial charge on any atom is -0.466 e. The van der Waals surface area contributed by atoms with Gasteiger partial charge in [0.2, 0.25) is 5.91 Å². The molecular formula is C17H16ClNO4. The summed E-state index contributed by atoms with van der Waals surface area (Å²) < 4.78 is 5.12. The lowest BCUT2D eigenvalue weighted by Crippen LogP contribution is -2.54. The number of halogens is 1. The van der Waals surface area contributed by atoms with E-state index in [4.69, 9.17) is 16.3 Å². The summed E-state index contributed by atoms with van der Waals surface area (Å²) in [6.07, 6.45) is 1.37. The highest BCUT2D eigenvalue weighted by atomic mass is 35.5. The second-order valence-electron chi connectivity index (χ2n) is 5.65. The molecule has 0 N–H and O–H groups in total. The van der Waals surface area contributed by atoms with Crippen molar-refractivity contribution in [2.24, 2.45) is 5.92 Å². The Morgan fingerprint density at radius 2 is 2.09 bits per heavy atom. The minimum atomic E-state index is -1.57. The number of hydrogen-bond acceptors (Lipinski definition) is 4. The van der Waals surface area contributed by atoms with E-state index < -0.39 is 29.0 Å². The predicted molar refractivity (Wildman–Crippen MR) is 85.2 cm³/mol. The van der Waals surface area contributed by atoms with E-state index in [1.165, 1.54) is 11.0 Å². The van der Waals surface area contributed by atoms with Gasteiger partial charge in [0, 0.05) is 23.3 Å². The number of carbonyl (C=O) groups excluding carboxylic acids is 3. The maximum absolute atomic E-state index is 13.0. The van der Waals surface area contributed by atoms with Crippen molar-refractivity contribution in [3.05, 3.63) is 40.9 Å². The van der Waals surface area contributed by atoms with Gasteiger partial charge in [-0.25, -0.2) is 0 Å². The van der Waals surface area contributed by atoms with Gasteiger partial charge in [-0.15, -0.1) is 0 Å². The molecule has 3 rings (SSSR count). The van der Waals surface area contributed by atoms with Crippen LogP contribution in [0.25, 0.3) is 0 Å². The van der Waals surface area contributed by atoms with E-state index >= 15 is 0 Å². The number of ketones is 1. The molecule has 23 heavy (non-hydrogen) atoms. The van der Waals surface area contributed by atoms with Crippen LogP contribution in [0.2, 0.25) is 0 Å². The summed E-state index contributed by atoms with van der Waals surface area (Å²) in [6.45, 7) is 1.86. The number of rotatable bonds is 2. The number of esters is 1. The molecule has 1 aliphatic heterocycles. The number of likely N-dealkylation sites (N-methyl/N-ethyl adjacent to an activating group) is 1. The molecule has 2 atom stereocenters. The van der Waals surface area contributed by atoms with Crippen LogP contribution >= 0.6 is 11.6 Å². The SMILES string of the molecule is CCOC(=O)[C@@H]1CC(Cl)=CC(=O)[C@]12C(=O)N(C)c1ccccc12. The van der Waals surface area contributed by atoms with Gasteiger partial charge >= 0.3 is 5.97 Å². The third kappa shape index (κ3) is 2.03. The lowest BCUT2D eigenvalue weighted by molar-refractivity contribution is -0.156. The summed E-state index contributed by atoms with van der Waals surface area (Å²) in [7, 11) is 1.60. The van der Waals surface area contributed by atoms with Gasteiger partial charge in [-0.1, -0.05) is 29.8 Å². The van der Waals surface area contributed by atoms with E-state index in [1.54, 1.807) is 38.2 Å². The zero-order valence-electron chi connectivity index (χ0n) is 12.8. The predicted octanol–water partition coefficient (Wildman–Crippen LogP) is 2.18. The molecule has 0 aromatic heterocycles. The molecule has 0 fully saturated rings. The van der Waals surface area contributed by atoms with Crippen LogP contribution in [0.15, 0.2) is 35.4 Å². The van der Waals surface area contributed by atoms with Gasteiger partial charge in [-0.2, -0.15) is 0 Å². The average Bonchev–Trinajstić information content (AvgIpc) is 2.74. The van der Waals surface area contributed by atoms with E-state index in [9.17, 15) is 14.4 Å². The van der Waals surface area contributed by atoms with Crippen LogP contribution in [0.4, 0.5) is 5.69 Å². The normalized spacial score (nSPS) is 26.3. The Bertz CT molecular complexity index is 742. The Labute approximate surface area is 138 Å². The Morgan fingerprint density at radius 3 is 2.78 bits per heavy atom. The average molecular weight is 334 g/mol. The fraction of sp³-hybridized carbons (Fsp3) is 0.353. The van der Waals surface area contributed by atoms with Crippen molar-refractivity contribution in [3.8, 4) is 0 Å². The molecule has 1 amide bonds. The number of carbonyl (C=O) groups is 3. The fourth-order valence-corrected chi connectivity index (χ4v) is 3.75. The van der Waals surface area contributed by atoms with Crippen molar-refractivity contribution in [1.29, 1.82) is 0 Å². The molecule has 5 nitrogen and oxygen atoms in total. The van der Waals surface area contributed by atoms with Crippen LogP contribution in [0.3, 0.4) is 0 Å². The first-order valence-electron chi connectivity index (χ1n) is 7.39. The van der Waals surface area contributed by atoms with Gasteiger partial charge < -0.3 is 9.64 Å². The molecule has 1 spiro atoms. The zero-order valence-corrected chi connectivity index (χ0v) is 13.6. The van der Waals surface area contributed by atoms with Gasteiger partial charge in [-0.3, -0.25) is 14.4 Å². The number of allylic oxidation sites excluding steroid dienone is 2. The summed E-state index contributed by atoms with van der Waals surface area (Å²) in [4.78, 5) is 39.8. The van der Waals surface area contributed by atoms with Crippen LogP contribution < -0.4 is 4.90 Å². The highest BCUT2D eigenvalue weighted by Crippen LogP contribution is 2.51. The van der Waals surface area contributed by atoms with E-state index in [-0.39, 0.29) is 18.1 Å². The smallest absolute Gasteiger partial charge is 0.311 e. The second kappa shape index (κ2) is 5.49. The topological polar surface area (TPSA) is 63.7 Å². The van der Waals surface area contributed by atoms with E-state index in [0.29, 0.717) is 11.3 Å². The van der Waals surface area contributed by atoms with Gasteiger partial charge in [-0.05, 0) is 25.5 Å². The van der Waals surface area contributed by atoms with Crippen molar-refractivity contribution < 1.29 is 19.1 Å². The number of ether oxygens (including phenoxy) is 1. The van der Waals surface area contributed by atoms with Crippen molar-refractivity contribution in [2.45, 2.75) is 18.8 Å². The van der Waals surface area contributed by atoms with Crippen LogP contribution in [-0.4, -0.2) is 31.3 Å². The molecule has 1 aromatic carbocycles. The van der Waals surface area contributed by atoms with Gasteiger partial charge in [0.15, 0.2) is 11.2 Å². The number of hydrogen-bond donors (Lipinski definition) is 0. The molecular weight excluding hydrogens is 318 g/mol. The summed E-state index contributed by atoms with van der Waals surface area (Å²) in [6, 6.07) is 7.02. The largest absolute Gasteiger partial charge is 0.466 e. The number of para-hydroxylation sites is 1. The number of fused-ring (bicyclic) bond motifs is 2. The first kappa shape index (κ1) is 15.7. The molecule has 6 heteroatoms. The summed E-state index contributed by atoms with van der Waals surface area (Å²) in [5, 5.41) is 0.263. The summed E-state index contributed by atoms with van der Waals surface area (Å²) in [5.74, 6) is -2.41. The second-order valence-corrected chi connectivity index (χ2v) is 6.14. The van der Waals surface area contributed by atoms with Crippen molar-refractivity contribution in [2.75, 3.05) is 18.6 Å². The maximum Gasteiger partial charge on any atom is 0.311 e. The highest BCUT2D eigenvalue weighted by Gasteiger charge is 2.63. The van der Waals surface area contributed by atoms with Crippen LogP contribution in [-0.2, 0) is 24.5 Å². The molecule has 0 radical (unpaired) electrons. The van der Waals surface area contributed by atoms with E-state index in [1.807, 2.05) is 0 Å². The molecule has 1 aromatic rings. The van der Waals surface area contributed by atoms with Gasteiger partial charge in [0.05, 0.1) is 12.5 Å². The Balaban J connectivity index is 2.26. The lowest BCUT2D eigenvalue weighted by Gasteiger charge is -2.35. The number of benzene rings is 1. The molecule has 120 valence electrons. The Kier molecular flexibility index (Phi) is 3.76. The van der Waals surface area contributed by atoms with Gasteiger partial charge in [0.1, 0.15) is 0 Å². The standard InChI is InChI=1S/C17H16ClNO4/c1-3-23-15(21)12-8-10(18)9-14(20)17(12)11-6-4-5-7-13(11)19(2)16(17)22/h4-7,9,12H,3,8H2,1-2H3/t12-,17+/m0/s1. The summed E-state index contributed by atoms with van der Waals surface area (Å²) in [5.41, 5.74) is -0.404. The van der Waals surface area contributed by atoms with Crippen LogP contribution in [0.1, 0.15) is 18.9 Å². The zero-order chi connectivity index (χ0) is 16.8. The third-order valence-electron chi connectivity index (χ3n) is 4.50. The molecule has 0 saturated heterocycles. The quantitative estimate of drug-likeness (QED) is 0.614. The first-order chi connectivity index (χ1) is 10.9. The van der Waals surface area contributed by atoms with Gasteiger partial charge in [0.25, 0.3) is 0 Å². The number of anilines is 1. The van der Waals surface area contributed by atoms with E-state index in [2.05, 4.69) is 0 Å². The number of nitrogens with zero attached hydrogens (tertiary/aromatic N) is 1. The van der Waals surface area contributed by atoms with E-state index in [0.717, 1.165) is 0 Å².